The van der Waals surface area contributed by atoms with Crippen LogP contribution in [0.2, 0.25) is 0 Å². The van der Waals surface area contributed by atoms with E-state index in [4.69, 9.17) is 4.52 Å². The number of azide groups is 1. The quantitative estimate of drug-likeness (QED) is 0.0703. The van der Waals surface area contributed by atoms with Crippen LogP contribution in [0, 0.1) is 17.0 Å². The van der Waals surface area contributed by atoms with Gasteiger partial charge in [-0.05, 0) is 47.7 Å². The second-order valence-electron chi connectivity index (χ2n) is 7.37. The van der Waals surface area contributed by atoms with Crippen LogP contribution in [0.15, 0.2) is 84.0 Å². The van der Waals surface area contributed by atoms with E-state index in [0.717, 1.165) is 28.1 Å². The van der Waals surface area contributed by atoms with Crippen molar-refractivity contribution in [2.45, 2.75) is 31.5 Å². The standard InChI is InChI=1S/C23H23N4O4PS/c1-18-7-9-21(10-8-18)17-33-32(30,23(25-26-24)15-19-5-3-2-4-6-19)31-16-20-11-13-22(14-12-20)27(28)29/h2-14,23H,15-17H2,1H3. The maximum Gasteiger partial charge on any atom is 0.269 e. The maximum absolute atomic E-state index is 14.1. The second-order valence-corrected chi connectivity index (χ2v) is 12.2. The zero-order valence-corrected chi connectivity index (χ0v) is 19.7. The first kappa shape index (κ1) is 24.6. The molecule has 0 amide bonds. The van der Waals surface area contributed by atoms with Gasteiger partial charge in [0.05, 0.1) is 11.5 Å². The highest BCUT2D eigenvalue weighted by molar-refractivity contribution is 8.56. The van der Waals surface area contributed by atoms with Crippen molar-refractivity contribution in [2.75, 3.05) is 0 Å². The molecule has 0 fully saturated rings. The average Bonchev–Trinajstić information content (AvgIpc) is 2.83. The molecule has 0 N–H and O–H groups in total. The molecule has 0 aromatic heterocycles. The molecule has 0 bridgehead atoms. The Morgan fingerprint density at radius 1 is 1.03 bits per heavy atom. The molecule has 3 rings (SSSR count). The summed E-state index contributed by atoms with van der Waals surface area (Å²) in [6.07, 6.45) is 0.267. The van der Waals surface area contributed by atoms with E-state index in [9.17, 15) is 20.2 Å². The lowest BCUT2D eigenvalue weighted by molar-refractivity contribution is -0.384. The van der Waals surface area contributed by atoms with Gasteiger partial charge in [0.15, 0.2) is 0 Å². The van der Waals surface area contributed by atoms with E-state index >= 15 is 0 Å². The Labute approximate surface area is 196 Å². The van der Waals surface area contributed by atoms with Gasteiger partial charge in [-0.1, -0.05) is 76.7 Å². The van der Waals surface area contributed by atoms with Gasteiger partial charge in [0.2, 0.25) is 0 Å². The highest BCUT2D eigenvalue weighted by atomic mass is 32.7. The van der Waals surface area contributed by atoms with E-state index in [-0.39, 0.29) is 18.7 Å². The van der Waals surface area contributed by atoms with Crippen molar-refractivity contribution >= 4 is 23.6 Å². The van der Waals surface area contributed by atoms with Crippen LogP contribution in [0.4, 0.5) is 5.69 Å². The third-order valence-corrected chi connectivity index (χ3v) is 9.74. The summed E-state index contributed by atoms with van der Waals surface area (Å²) >= 11 is 1.14. The summed E-state index contributed by atoms with van der Waals surface area (Å²) in [5, 5.41) is 14.7. The molecule has 0 radical (unpaired) electrons. The first-order valence-corrected chi connectivity index (χ1v) is 13.4. The normalized spacial score (nSPS) is 13.5. The highest BCUT2D eigenvalue weighted by Gasteiger charge is 2.35. The molecule has 3 aromatic carbocycles. The maximum atomic E-state index is 14.1. The van der Waals surface area contributed by atoms with Crippen LogP contribution < -0.4 is 0 Å². The minimum Gasteiger partial charge on any atom is -0.316 e. The highest BCUT2D eigenvalue weighted by Crippen LogP contribution is 2.66. The monoisotopic (exact) mass is 482 g/mol. The Morgan fingerprint density at radius 2 is 1.67 bits per heavy atom. The van der Waals surface area contributed by atoms with Crippen LogP contribution in [0.1, 0.15) is 22.3 Å². The van der Waals surface area contributed by atoms with Crippen LogP contribution in [-0.4, -0.2) is 10.7 Å². The molecule has 0 heterocycles. The van der Waals surface area contributed by atoms with E-state index in [2.05, 4.69) is 10.0 Å². The number of hydrogen-bond acceptors (Lipinski definition) is 6. The Hall–Kier alpha value is -3.09. The predicted molar refractivity (Wildman–Crippen MR) is 131 cm³/mol. The fourth-order valence-corrected chi connectivity index (χ4v) is 7.15. The summed E-state index contributed by atoms with van der Waals surface area (Å²) in [5.74, 6) is -0.484. The van der Waals surface area contributed by atoms with Crippen LogP contribution in [0.25, 0.3) is 10.4 Å². The second kappa shape index (κ2) is 11.7. The molecule has 8 nitrogen and oxygen atoms in total. The van der Waals surface area contributed by atoms with Crippen LogP contribution >= 0.6 is 18.0 Å². The average molecular weight is 483 g/mol. The summed E-state index contributed by atoms with van der Waals surface area (Å²) in [4.78, 5) is 13.3. The number of nitro benzene ring substituents is 1. The topological polar surface area (TPSA) is 118 Å². The van der Waals surface area contributed by atoms with Gasteiger partial charge in [-0.3, -0.25) is 14.7 Å². The van der Waals surface area contributed by atoms with Crippen molar-refractivity contribution in [3.63, 3.8) is 0 Å². The molecule has 0 saturated heterocycles. The minimum absolute atomic E-state index is 0.0254. The lowest BCUT2D eigenvalue weighted by Crippen LogP contribution is -2.10. The largest absolute Gasteiger partial charge is 0.316 e. The number of nitrogens with zero attached hydrogens (tertiary/aromatic N) is 4. The number of nitro groups is 1. The minimum atomic E-state index is -3.52. The Morgan fingerprint density at radius 3 is 2.27 bits per heavy atom. The molecular weight excluding hydrogens is 459 g/mol. The molecule has 0 spiro atoms. The number of aryl methyl sites for hydroxylation is 1. The third-order valence-electron chi connectivity index (χ3n) is 4.90. The van der Waals surface area contributed by atoms with Crippen LogP contribution in [0.5, 0.6) is 0 Å². The lowest BCUT2D eigenvalue weighted by atomic mass is 10.1. The van der Waals surface area contributed by atoms with Gasteiger partial charge in [0, 0.05) is 22.8 Å². The van der Waals surface area contributed by atoms with Gasteiger partial charge >= 0.3 is 0 Å². The van der Waals surface area contributed by atoms with Gasteiger partial charge in [0.1, 0.15) is 5.78 Å². The predicted octanol–water partition coefficient (Wildman–Crippen LogP) is 7.43. The first-order valence-electron chi connectivity index (χ1n) is 10.2. The zero-order chi connectivity index (χ0) is 23.7. The van der Waals surface area contributed by atoms with Gasteiger partial charge in [-0.2, -0.15) is 0 Å². The van der Waals surface area contributed by atoms with Gasteiger partial charge in [-0.15, -0.1) is 0 Å². The fourth-order valence-electron chi connectivity index (χ4n) is 3.04. The number of hydrogen-bond donors (Lipinski definition) is 0. The van der Waals surface area contributed by atoms with E-state index in [1.165, 1.54) is 12.1 Å². The Bertz CT molecular complexity index is 1170. The number of rotatable bonds is 11. The SMILES string of the molecule is Cc1ccc(CSP(=O)(OCc2ccc([N+](=O)[O-])cc2)C(Cc2ccccc2)N=[N+]=[N-])cc1. The van der Waals surface area contributed by atoms with E-state index in [1.54, 1.807) is 12.1 Å². The summed E-state index contributed by atoms with van der Waals surface area (Å²) in [6.45, 7) is -1.56. The molecule has 0 aliphatic rings. The van der Waals surface area contributed by atoms with Crippen molar-refractivity contribution in [1.29, 1.82) is 0 Å². The smallest absolute Gasteiger partial charge is 0.269 e. The summed E-state index contributed by atoms with van der Waals surface area (Å²) in [7, 11) is 0. The van der Waals surface area contributed by atoms with Crippen molar-refractivity contribution in [3.05, 3.63) is 122 Å². The van der Waals surface area contributed by atoms with E-state index in [1.807, 2.05) is 61.5 Å². The summed E-state index contributed by atoms with van der Waals surface area (Å²) < 4.78 is 20.0. The van der Waals surface area contributed by atoms with Crippen molar-refractivity contribution in [2.24, 2.45) is 5.11 Å². The molecule has 0 aliphatic carbocycles. The van der Waals surface area contributed by atoms with Crippen LogP contribution in [-0.2, 0) is 27.9 Å². The molecule has 2 atom stereocenters. The fraction of sp³-hybridized carbons (Fsp3) is 0.217. The van der Waals surface area contributed by atoms with Gasteiger partial charge in [-0.25, -0.2) is 0 Å². The summed E-state index contributed by atoms with van der Waals surface area (Å²) in [5.41, 5.74) is 12.7. The summed E-state index contributed by atoms with van der Waals surface area (Å²) in [6, 6.07) is 23.1. The molecule has 0 saturated carbocycles. The van der Waals surface area contributed by atoms with E-state index < -0.39 is 17.3 Å². The van der Waals surface area contributed by atoms with Crippen molar-refractivity contribution in [3.8, 4) is 0 Å². The molecule has 170 valence electrons. The number of benzene rings is 3. The van der Waals surface area contributed by atoms with Crippen molar-refractivity contribution < 1.29 is 14.0 Å². The van der Waals surface area contributed by atoms with Crippen molar-refractivity contribution in [1.82, 2.24) is 0 Å². The molecular formula is C23H23N4O4PS. The van der Waals surface area contributed by atoms with Gasteiger partial charge in [0.25, 0.3) is 12.3 Å². The molecule has 2 unspecified atom stereocenters. The Balaban J connectivity index is 1.83. The number of non-ortho nitro benzene ring substituents is 1. The van der Waals surface area contributed by atoms with E-state index in [0.29, 0.717) is 11.3 Å². The zero-order valence-electron chi connectivity index (χ0n) is 18.0. The Kier molecular flexibility index (Phi) is 8.69. The van der Waals surface area contributed by atoms with Crippen LogP contribution in [0.3, 0.4) is 0 Å². The van der Waals surface area contributed by atoms with Gasteiger partial charge < -0.3 is 4.52 Å². The molecule has 10 heteroatoms. The molecule has 3 aromatic rings. The molecule has 33 heavy (non-hydrogen) atoms. The first-order chi connectivity index (χ1) is 15.9. The molecule has 0 aliphatic heterocycles. The third kappa shape index (κ3) is 7.20. The lowest BCUT2D eigenvalue weighted by Gasteiger charge is -2.24.